The van der Waals surface area contributed by atoms with Gasteiger partial charge in [-0.25, -0.2) is 4.79 Å². The van der Waals surface area contributed by atoms with Gasteiger partial charge in [0.2, 0.25) is 0 Å². The van der Waals surface area contributed by atoms with Crippen LogP contribution in [0.1, 0.15) is 15.9 Å². The van der Waals surface area contributed by atoms with E-state index >= 15 is 0 Å². The molecule has 0 saturated carbocycles. The number of hydrogen-bond acceptors (Lipinski definition) is 2. The summed E-state index contributed by atoms with van der Waals surface area (Å²) in [6.45, 7) is 2.02. The Balaban J connectivity index is 2.15. The molecular weight excluding hydrogens is 320 g/mol. The van der Waals surface area contributed by atoms with E-state index in [1.165, 1.54) is 0 Å². The van der Waals surface area contributed by atoms with Gasteiger partial charge in [-0.1, -0.05) is 17.7 Å². The summed E-state index contributed by atoms with van der Waals surface area (Å²) in [5.74, 6) is -0.300. The monoisotopic (exact) mass is 330 g/mol. The zero-order valence-corrected chi connectivity index (χ0v) is 12.3. The highest BCUT2D eigenvalue weighted by Crippen LogP contribution is 2.30. The van der Waals surface area contributed by atoms with Crippen molar-refractivity contribution < 1.29 is 14.3 Å². The van der Waals surface area contributed by atoms with Gasteiger partial charge in [0.25, 0.3) is 0 Å². The Labute approximate surface area is 124 Å². The Morgan fingerprint density at radius 1 is 1.15 bits per heavy atom. The molecule has 3 aromatic rings. The number of aromatic carboxylic acids is 1. The minimum Gasteiger partial charge on any atom is -0.478 e. The van der Waals surface area contributed by atoms with Crippen LogP contribution in [0.15, 0.2) is 51.4 Å². The minimum atomic E-state index is -0.967. The molecule has 0 unspecified atom stereocenters. The van der Waals surface area contributed by atoms with Gasteiger partial charge in [-0.2, -0.15) is 0 Å². The number of benzene rings is 2. The summed E-state index contributed by atoms with van der Waals surface area (Å²) in [6, 6.07) is 13.0. The molecule has 4 heteroatoms. The van der Waals surface area contributed by atoms with Crippen LogP contribution in [0, 0.1) is 6.92 Å². The van der Waals surface area contributed by atoms with E-state index in [0.717, 1.165) is 22.1 Å². The van der Waals surface area contributed by atoms with E-state index in [1.54, 1.807) is 12.1 Å². The molecule has 0 atom stereocenters. The lowest BCUT2D eigenvalue weighted by Crippen LogP contribution is -1.97. The van der Waals surface area contributed by atoms with Gasteiger partial charge in [0.15, 0.2) is 0 Å². The highest BCUT2D eigenvalue weighted by molar-refractivity contribution is 9.10. The van der Waals surface area contributed by atoms with Crippen molar-refractivity contribution in [3.63, 3.8) is 0 Å². The number of carboxylic acid groups (broad SMARTS) is 1. The van der Waals surface area contributed by atoms with E-state index < -0.39 is 5.97 Å². The molecule has 0 aliphatic rings. The zero-order chi connectivity index (χ0) is 14.3. The molecule has 1 N–H and O–H groups in total. The van der Waals surface area contributed by atoms with Crippen LogP contribution in [0.5, 0.6) is 0 Å². The van der Waals surface area contributed by atoms with Gasteiger partial charge in [0.1, 0.15) is 11.3 Å². The first kappa shape index (κ1) is 12.9. The maximum absolute atomic E-state index is 11.2. The molecule has 2 aromatic carbocycles. The molecule has 0 amide bonds. The largest absolute Gasteiger partial charge is 0.478 e. The summed E-state index contributed by atoms with van der Waals surface area (Å²) in [7, 11) is 0. The second-order valence-corrected chi connectivity index (χ2v) is 5.51. The summed E-state index contributed by atoms with van der Waals surface area (Å²) >= 11 is 3.24. The lowest BCUT2D eigenvalue weighted by atomic mass is 10.1. The third-order valence-corrected chi connectivity index (χ3v) is 3.84. The quantitative estimate of drug-likeness (QED) is 0.729. The highest BCUT2D eigenvalue weighted by atomic mass is 79.9. The van der Waals surface area contributed by atoms with Crippen molar-refractivity contribution in [3.8, 4) is 11.3 Å². The topological polar surface area (TPSA) is 50.4 Å². The number of carbonyl (C=O) groups is 1. The molecule has 0 radical (unpaired) electrons. The van der Waals surface area contributed by atoms with Crippen LogP contribution in [0.4, 0.5) is 0 Å². The third kappa shape index (κ3) is 2.23. The fraction of sp³-hybridized carbons (Fsp3) is 0.0625. The second-order valence-electron chi connectivity index (χ2n) is 4.65. The Hall–Kier alpha value is -2.07. The van der Waals surface area contributed by atoms with Crippen molar-refractivity contribution in [2.45, 2.75) is 6.92 Å². The van der Waals surface area contributed by atoms with E-state index in [2.05, 4.69) is 15.9 Å². The number of aryl methyl sites for hydroxylation is 1. The van der Waals surface area contributed by atoms with Gasteiger partial charge in [0.05, 0.1) is 5.56 Å². The van der Waals surface area contributed by atoms with Gasteiger partial charge in [-0.15, -0.1) is 0 Å². The van der Waals surface area contributed by atoms with Crippen LogP contribution in [0.25, 0.3) is 22.3 Å². The first-order valence-corrected chi connectivity index (χ1v) is 6.87. The van der Waals surface area contributed by atoms with Gasteiger partial charge < -0.3 is 9.52 Å². The predicted molar refractivity (Wildman–Crippen MR) is 81.0 cm³/mol. The maximum Gasteiger partial charge on any atom is 0.336 e. The average Bonchev–Trinajstić information content (AvgIpc) is 2.81. The van der Waals surface area contributed by atoms with E-state index in [-0.39, 0.29) is 5.56 Å². The molecule has 3 rings (SSSR count). The van der Waals surface area contributed by atoms with E-state index in [4.69, 9.17) is 9.52 Å². The molecule has 0 fully saturated rings. The van der Waals surface area contributed by atoms with E-state index in [0.29, 0.717) is 10.2 Å². The summed E-state index contributed by atoms with van der Waals surface area (Å²) in [5.41, 5.74) is 2.93. The smallest absolute Gasteiger partial charge is 0.336 e. The Bertz CT molecular complexity index is 818. The summed E-state index contributed by atoms with van der Waals surface area (Å²) in [5, 5.41) is 10.2. The maximum atomic E-state index is 11.2. The molecule has 20 heavy (non-hydrogen) atoms. The zero-order valence-electron chi connectivity index (χ0n) is 10.7. The second kappa shape index (κ2) is 4.80. The molecule has 1 aromatic heterocycles. The molecule has 100 valence electrons. The van der Waals surface area contributed by atoms with E-state index in [1.807, 2.05) is 37.3 Å². The average molecular weight is 331 g/mol. The van der Waals surface area contributed by atoms with E-state index in [9.17, 15) is 4.79 Å². The van der Waals surface area contributed by atoms with Gasteiger partial charge >= 0.3 is 5.97 Å². The molecule has 0 aliphatic heterocycles. The molecule has 0 aliphatic carbocycles. The van der Waals surface area contributed by atoms with Crippen molar-refractivity contribution in [1.29, 1.82) is 0 Å². The number of carboxylic acids is 1. The van der Waals surface area contributed by atoms with Gasteiger partial charge in [-0.05, 0) is 53.2 Å². The summed E-state index contributed by atoms with van der Waals surface area (Å²) in [4.78, 5) is 11.2. The molecule has 0 bridgehead atoms. The molecule has 3 nitrogen and oxygen atoms in total. The molecule has 0 saturated heterocycles. The predicted octanol–water partition coefficient (Wildman–Crippen LogP) is 4.87. The summed E-state index contributed by atoms with van der Waals surface area (Å²) < 4.78 is 6.33. The standard InChI is InChI=1S/C16H11BrO3/c1-9-2-5-14-11(6-9)8-15(20-14)10-3-4-13(17)12(7-10)16(18)19/h2-8H,1H3,(H,18,19). The van der Waals surface area contributed by atoms with Crippen LogP contribution in [0.2, 0.25) is 0 Å². The fourth-order valence-corrected chi connectivity index (χ4v) is 2.56. The Morgan fingerprint density at radius 3 is 2.70 bits per heavy atom. The number of halogens is 1. The van der Waals surface area contributed by atoms with Crippen LogP contribution >= 0.6 is 15.9 Å². The first-order valence-electron chi connectivity index (χ1n) is 6.08. The summed E-state index contributed by atoms with van der Waals surface area (Å²) in [6.07, 6.45) is 0. The molecule has 0 spiro atoms. The lowest BCUT2D eigenvalue weighted by molar-refractivity contribution is 0.0696. The van der Waals surface area contributed by atoms with Gasteiger partial charge in [0, 0.05) is 15.4 Å². The van der Waals surface area contributed by atoms with Crippen molar-refractivity contribution in [2.75, 3.05) is 0 Å². The number of furan rings is 1. The van der Waals surface area contributed by atoms with Crippen molar-refractivity contribution in [2.24, 2.45) is 0 Å². The van der Waals surface area contributed by atoms with Crippen LogP contribution in [0.3, 0.4) is 0 Å². The van der Waals surface area contributed by atoms with Gasteiger partial charge in [-0.3, -0.25) is 0 Å². The number of rotatable bonds is 2. The van der Waals surface area contributed by atoms with Crippen LogP contribution in [-0.2, 0) is 0 Å². The van der Waals surface area contributed by atoms with Crippen LogP contribution in [-0.4, -0.2) is 11.1 Å². The lowest BCUT2D eigenvalue weighted by Gasteiger charge is -2.01. The number of fused-ring (bicyclic) bond motifs is 1. The third-order valence-electron chi connectivity index (χ3n) is 3.15. The Kier molecular flexibility index (Phi) is 3.10. The van der Waals surface area contributed by atoms with Crippen molar-refractivity contribution in [3.05, 3.63) is 58.1 Å². The highest BCUT2D eigenvalue weighted by Gasteiger charge is 2.12. The van der Waals surface area contributed by atoms with Crippen molar-refractivity contribution >= 4 is 32.9 Å². The van der Waals surface area contributed by atoms with Crippen molar-refractivity contribution in [1.82, 2.24) is 0 Å². The van der Waals surface area contributed by atoms with Crippen LogP contribution < -0.4 is 0 Å². The Morgan fingerprint density at radius 2 is 1.95 bits per heavy atom. The molecule has 1 heterocycles. The normalized spacial score (nSPS) is 10.9. The minimum absolute atomic E-state index is 0.221. The SMILES string of the molecule is Cc1ccc2oc(-c3ccc(Br)c(C(=O)O)c3)cc2c1. The fourth-order valence-electron chi connectivity index (χ4n) is 2.15. The first-order chi connectivity index (χ1) is 9.54. The molecular formula is C16H11BrO3. The number of hydrogen-bond donors (Lipinski definition) is 1.